The molecular weight excluding hydrogens is 484 g/mol. The van der Waals surface area contributed by atoms with E-state index in [0.29, 0.717) is 6.61 Å². The minimum Gasteiger partial charge on any atom is -0.508 e. The lowest BCUT2D eigenvalue weighted by atomic mass is 9.88. The molecule has 0 bridgehead atoms. The smallest absolute Gasteiger partial charge is 0.306 e. The highest BCUT2D eigenvalue weighted by Crippen LogP contribution is 2.30. The maximum absolute atomic E-state index is 12.6. The fraction of sp³-hybridized carbons (Fsp3) is 0.629. The van der Waals surface area contributed by atoms with Crippen molar-refractivity contribution in [1.82, 2.24) is 0 Å². The van der Waals surface area contributed by atoms with E-state index in [9.17, 15) is 15.0 Å². The number of unbranched alkanes of at least 4 members (excludes halogenated alkanes) is 17. The van der Waals surface area contributed by atoms with Crippen LogP contribution >= 0.6 is 0 Å². The summed E-state index contributed by atoms with van der Waals surface area (Å²) in [7, 11) is 0. The number of carbonyl (C=O) groups excluding carboxylic acids is 1. The molecule has 39 heavy (non-hydrogen) atoms. The first-order chi connectivity index (χ1) is 19.1. The van der Waals surface area contributed by atoms with Crippen LogP contribution in [0.5, 0.6) is 11.5 Å². The maximum atomic E-state index is 12.6. The molecule has 4 nitrogen and oxygen atoms in total. The second-order valence-electron chi connectivity index (χ2n) is 11.2. The number of aromatic hydroxyl groups is 2. The summed E-state index contributed by atoms with van der Waals surface area (Å²) in [6.07, 6.45) is 24.3. The Balaban J connectivity index is 1.46. The minimum atomic E-state index is -0.215. The second kappa shape index (κ2) is 21.3. The molecule has 0 aliphatic rings. The molecule has 0 aromatic heterocycles. The van der Waals surface area contributed by atoms with Crippen LogP contribution in [0.15, 0.2) is 48.5 Å². The molecule has 2 aromatic rings. The average Bonchev–Trinajstić information content (AvgIpc) is 2.94. The van der Waals surface area contributed by atoms with Gasteiger partial charge in [0.1, 0.15) is 11.5 Å². The molecule has 0 aliphatic heterocycles. The molecule has 0 radical (unpaired) electrons. The molecule has 0 saturated carbocycles. The monoisotopic (exact) mass is 538 g/mol. The van der Waals surface area contributed by atoms with Crippen LogP contribution in [-0.4, -0.2) is 22.8 Å². The molecule has 0 amide bonds. The second-order valence-corrected chi connectivity index (χ2v) is 11.2. The van der Waals surface area contributed by atoms with Gasteiger partial charge in [0.2, 0.25) is 0 Å². The molecule has 0 unspecified atom stereocenters. The Hall–Kier alpha value is -2.49. The van der Waals surface area contributed by atoms with Crippen molar-refractivity contribution in [3.8, 4) is 11.5 Å². The third-order valence-electron chi connectivity index (χ3n) is 7.72. The predicted octanol–water partition coefficient (Wildman–Crippen LogP) is 10.2. The first-order valence-electron chi connectivity index (χ1n) is 15.8. The zero-order valence-corrected chi connectivity index (χ0v) is 24.5. The van der Waals surface area contributed by atoms with E-state index in [2.05, 4.69) is 6.92 Å². The molecule has 2 N–H and O–H groups in total. The highest BCUT2D eigenvalue weighted by atomic mass is 16.5. The molecule has 0 fully saturated rings. The standard InChI is InChI=1S/C35H54O4/c1-2-3-4-5-6-7-8-9-10-11-12-13-14-15-16-17-18-19-28-39-35(38)29-34(30-20-24-32(36)25-21-30)31-22-26-33(37)27-23-31/h20-27,34,36-37H,2-19,28-29H2,1H3. The van der Waals surface area contributed by atoms with E-state index >= 15 is 0 Å². The number of phenolic OH excluding ortho intramolecular Hbond substituents is 2. The first kappa shape index (κ1) is 32.7. The van der Waals surface area contributed by atoms with Crippen molar-refractivity contribution in [1.29, 1.82) is 0 Å². The number of carbonyl (C=O) groups is 1. The van der Waals surface area contributed by atoms with Crippen molar-refractivity contribution in [2.24, 2.45) is 0 Å². The molecule has 2 rings (SSSR count). The van der Waals surface area contributed by atoms with Gasteiger partial charge in [-0.25, -0.2) is 0 Å². The van der Waals surface area contributed by atoms with E-state index in [1.54, 1.807) is 24.3 Å². The third-order valence-corrected chi connectivity index (χ3v) is 7.72. The van der Waals surface area contributed by atoms with E-state index in [1.807, 2.05) is 24.3 Å². The first-order valence-corrected chi connectivity index (χ1v) is 15.8. The molecule has 4 heteroatoms. The summed E-state index contributed by atoms with van der Waals surface area (Å²) in [6, 6.07) is 13.8. The number of rotatable bonds is 23. The van der Waals surface area contributed by atoms with Gasteiger partial charge >= 0.3 is 5.97 Å². The van der Waals surface area contributed by atoms with E-state index in [1.165, 1.54) is 103 Å². The number of esters is 1. The van der Waals surface area contributed by atoms with Crippen LogP contribution in [0.3, 0.4) is 0 Å². The predicted molar refractivity (Wildman–Crippen MR) is 162 cm³/mol. The van der Waals surface area contributed by atoms with Crippen molar-refractivity contribution >= 4 is 5.97 Å². The lowest BCUT2D eigenvalue weighted by molar-refractivity contribution is -0.144. The van der Waals surface area contributed by atoms with Crippen LogP contribution in [-0.2, 0) is 9.53 Å². The topological polar surface area (TPSA) is 66.8 Å². The number of benzene rings is 2. The third kappa shape index (κ3) is 15.6. The SMILES string of the molecule is CCCCCCCCCCCCCCCCCCCCOC(=O)CC(c1ccc(O)cc1)c1ccc(O)cc1. The maximum Gasteiger partial charge on any atom is 0.306 e. The molecule has 0 atom stereocenters. The van der Waals surface area contributed by atoms with E-state index in [0.717, 1.165) is 24.0 Å². The van der Waals surface area contributed by atoms with Crippen LogP contribution in [0, 0.1) is 0 Å². The van der Waals surface area contributed by atoms with Crippen LogP contribution in [0.2, 0.25) is 0 Å². The zero-order valence-electron chi connectivity index (χ0n) is 24.5. The Kier molecular flexibility index (Phi) is 17.9. The van der Waals surface area contributed by atoms with Crippen molar-refractivity contribution in [2.45, 2.75) is 135 Å². The summed E-state index contributed by atoms with van der Waals surface area (Å²) in [5.41, 5.74) is 1.87. The molecule has 0 heterocycles. The normalized spacial score (nSPS) is 11.2. The van der Waals surface area contributed by atoms with Crippen molar-refractivity contribution in [2.75, 3.05) is 6.61 Å². The summed E-state index contributed by atoms with van der Waals surface area (Å²) in [4.78, 5) is 12.6. The minimum absolute atomic E-state index is 0.181. The molecule has 0 spiro atoms. The highest BCUT2D eigenvalue weighted by molar-refractivity contribution is 5.71. The van der Waals surface area contributed by atoms with Gasteiger partial charge in [0, 0.05) is 5.92 Å². The van der Waals surface area contributed by atoms with Crippen LogP contribution in [0.1, 0.15) is 146 Å². The summed E-state index contributed by atoms with van der Waals surface area (Å²) in [6.45, 7) is 2.75. The van der Waals surface area contributed by atoms with Crippen molar-refractivity contribution in [3.05, 3.63) is 59.7 Å². The Morgan fingerprint density at radius 3 is 1.26 bits per heavy atom. The quantitative estimate of drug-likeness (QED) is 0.109. The van der Waals surface area contributed by atoms with Gasteiger partial charge in [-0.2, -0.15) is 0 Å². The lowest BCUT2D eigenvalue weighted by Crippen LogP contribution is -2.12. The van der Waals surface area contributed by atoms with Crippen LogP contribution < -0.4 is 0 Å². The van der Waals surface area contributed by atoms with Crippen LogP contribution in [0.25, 0.3) is 0 Å². The molecule has 0 saturated heterocycles. The van der Waals surface area contributed by atoms with Gasteiger partial charge in [0.15, 0.2) is 0 Å². The van der Waals surface area contributed by atoms with Crippen molar-refractivity contribution in [3.63, 3.8) is 0 Å². The Morgan fingerprint density at radius 2 is 0.897 bits per heavy atom. The fourth-order valence-electron chi connectivity index (χ4n) is 5.26. The zero-order chi connectivity index (χ0) is 28.0. The van der Waals surface area contributed by atoms with Crippen molar-refractivity contribution < 1.29 is 19.7 Å². The van der Waals surface area contributed by atoms with Gasteiger partial charge in [-0.05, 0) is 41.8 Å². The largest absolute Gasteiger partial charge is 0.508 e. The van der Waals surface area contributed by atoms with Crippen LogP contribution in [0.4, 0.5) is 0 Å². The van der Waals surface area contributed by atoms with Gasteiger partial charge in [-0.15, -0.1) is 0 Å². The summed E-state index contributed by atoms with van der Waals surface area (Å²) < 4.78 is 5.55. The van der Waals surface area contributed by atoms with E-state index in [4.69, 9.17) is 4.74 Å². The van der Waals surface area contributed by atoms with Gasteiger partial charge < -0.3 is 14.9 Å². The molecule has 218 valence electrons. The number of phenols is 2. The van der Waals surface area contributed by atoms with Gasteiger partial charge in [-0.1, -0.05) is 140 Å². The van der Waals surface area contributed by atoms with E-state index < -0.39 is 0 Å². The number of hydrogen-bond donors (Lipinski definition) is 2. The lowest BCUT2D eigenvalue weighted by Gasteiger charge is -2.18. The Morgan fingerprint density at radius 1 is 0.564 bits per heavy atom. The van der Waals surface area contributed by atoms with Gasteiger partial charge in [0.05, 0.1) is 13.0 Å². The average molecular weight is 539 g/mol. The Bertz CT molecular complexity index is 814. The fourth-order valence-corrected chi connectivity index (χ4v) is 5.26. The molecule has 2 aromatic carbocycles. The highest BCUT2D eigenvalue weighted by Gasteiger charge is 2.19. The summed E-state index contributed by atoms with van der Waals surface area (Å²) >= 11 is 0. The van der Waals surface area contributed by atoms with Gasteiger partial charge in [0.25, 0.3) is 0 Å². The Labute approximate surface area is 238 Å². The molecular formula is C35H54O4. The summed E-state index contributed by atoms with van der Waals surface area (Å²) in [5, 5.41) is 19.3. The number of ether oxygens (including phenoxy) is 1. The van der Waals surface area contributed by atoms with E-state index in [-0.39, 0.29) is 29.8 Å². The number of hydrogen-bond acceptors (Lipinski definition) is 4. The summed E-state index contributed by atoms with van der Waals surface area (Å²) in [5.74, 6) is -0.00752. The van der Waals surface area contributed by atoms with Gasteiger partial charge in [-0.3, -0.25) is 4.79 Å². The molecule has 0 aliphatic carbocycles.